The lowest BCUT2D eigenvalue weighted by Gasteiger charge is -2.35. The van der Waals surface area contributed by atoms with Crippen molar-refractivity contribution in [3.8, 4) is 5.75 Å². The van der Waals surface area contributed by atoms with Gasteiger partial charge in [-0.2, -0.15) is 0 Å². The van der Waals surface area contributed by atoms with Gasteiger partial charge in [0, 0.05) is 23.3 Å². The molecule has 1 heterocycles. The van der Waals surface area contributed by atoms with Crippen molar-refractivity contribution < 1.29 is 14.3 Å². The van der Waals surface area contributed by atoms with E-state index in [4.69, 9.17) is 4.74 Å². The summed E-state index contributed by atoms with van der Waals surface area (Å²) >= 11 is 0. The Labute approximate surface area is 228 Å². The molecular formula is C34H30N2O3. The first-order valence-electron chi connectivity index (χ1n) is 13.2. The number of amides is 1. The second-order valence-corrected chi connectivity index (χ2v) is 10.2. The molecule has 0 saturated carbocycles. The maximum absolute atomic E-state index is 14.3. The number of aryl methyl sites for hydroxylation is 1. The molecule has 0 unspecified atom stereocenters. The molecule has 1 aliphatic carbocycles. The highest BCUT2D eigenvalue weighted by Gasteiger charge is 2.41. The highest BCUT2D eigenvalue weighted by molar-refractivity contribution is 6.12. The first kappa shape index (κ1) is 24.7. The molecular weight excluding hydrogens is 484 g/mol. The molecule has 0 saturated heterocycles. The molecule has 6 rings (SSSR count). The first-order chi connectivity index (χ1) is 19.0. The summed E-state index contributed by atoms with van der Waals surface area (Å²) in [5.74, 6) is 0.668. The molecule has 5 nitrogen and oxygen atoms in total. The number of carbonyl (C=O) groups excluding carboxylic acids is 2. The quantitative estimate of drug-likeness (QED) is 0.312. The number of benzene rings is 4. The van der Waals surface area contributed by atoms with E-state index in [-0.39, 0.29) is 17.6 Å². The van der Waals surface area contributed by atoms with Crippen LogP contribution in [0, 0.1) is 6.92 Å². The van der Waals surface area contributed by atoms with Gasteiger partial charge in [0.1, 0.15) is 5.75 Å². The van der Waals surface area contributed by atoms with Crippen molar-refractivity contribution in [2.24, 2.45) is 0 Å². The van der Waals surface area contributed by atoms with Crippen molar-refractivity contribution >= 4 is 23.1 Å². The zero-order chi connectivity index (χ0) is 26.9. The maximum atomic E-state index is 14.3. The summed E-state index contributed by atoms with van der Waals surface area (Å²) in [6.07, 6.45) is 1.07. The number of allylic oxidation sites excluding steroid dienone is 1. The van der Waals surface area contributed by atoms with E-state index in [0.717, 1.165) is 33.9 Å². The number of anilines is 2. The molecule has 0 fully saturated rings. The van der Waals surface area contributed by atoms with Gasteiger partial charge < -0.3 is 10.1 Å². The van der Waals surface area contributed by atoms with Crippen molar-refractivity contribution in [1.82, 2.24) is 0 Å². The van der Waals surface area contributed by atoms with Gasteiger partial charge in [-0.1, -0.05) is 72.3 Å². The molecule has 0 spiro atoms. The maximum Gasteiger partial charge on any atom is 0.259 e. The Morgan fingerprint density at radius 3 is 2.21 bits per heavy atom. The number of ketones is 1. The first-order valence-corrected chi connectivity index (χ1v) is 13.2. The predicted molar refractivity (Wildman–Crippen MR) is 154 cm³/mol. The largest absolute Gasteiger partial charge is 0.497 e. The topological polar surface area (TPSA) is 58.6 Å². The molecule has 0 bridgehead atoms. The van der Waals surface area contributed by atoms with Crippen molar-refractivity contribution in [2.75, 3.05) is 17.3 Å². The van der Waals surface area contributed by atoms with E-state index < -0.39 is 6.04 Å². The monoisotopic (exact) mass is 514 g/mol. The van der Waals surface area contributed by atoms with Crippen LogP contribution in [0.4, 0.5) is 11.4 Å². The van der Waals surface area contributed by atoms with Gasteiger partial charge in [-0.05, 0) is 66.8 Å². The Bertz CT molecular complexity index is 1560. The van der Waals surface area contributed by atoms with Crippen molar-refractivity contribution in [2.45, 2.75) is 31.7 Å². The normalized spacial score (nSPS) is 18.5. The van der Waals surface area contributed by atoms with E-state index in [9.17, 15) is 9.59 Å². The van der Waals surface area contributed by atoms with E-state index in [1.165, 1.54) is 5.56 Å². The molecule has 39 heavy (non-hydrogen) atoms. The highest BCUT2D eigenvalue weighted by atomic mass is 16.5. The molecule has 4 aromatic carbocycles. The fraction of sp³-hybridized carbons (Fsp3) is 0.176. The Hall–Kier alpha value is -4.64. The summed E-state index contributed by atoms with van der Waals surface area (Å²) in [5, 5.41) is 3.60. The lowest BCUT2D eigenvalue weighted by atomic mass is 9.78. The molecule has 2 aliphatic rings. The third-order valence-corrected chi connectivity index (χ3v) is 7.71. The van der Waals surface area contributed by atoms with Crippen LogP contribution in [0.1, 0.15) is 51.8 Å². The average Bonchev–Trinajstić information content (AvgIpc) is 3.12. The third-order valence-electron chi connectivity index (χ3n) is 7.71. The molecule has 1 aliphatic heterocycles. The summed E-state index contributed by atoms with van der Waals surface area (Å²) in [5.41, 5.74) is 6.82. The molecule has 5 heteroatoms. The van der Waals surface area contributed by atoms with E-state index in [2.05, 4.69) is 36.5 Å². The van der Waals surface area contributed by atoms with Gasteiger partial charge in [-0.25, -0.2) is 0 Å². The Balaban J connectivity index is 1.55. The number of fused-ring (bicyclic) bond motifs is 1. The average molecular weight is 515 g/mol. The number of Topliss-reactive ketones (excluding diaryl/α,β-unsaturated/α-hetero) is 1. The van der Waals surface area contributed by atoms with Crippen LogP contribution in [-0.2, 0) is 4.79 Å². The van der Waals surface area contributed by atoms with Gasteiger partial charge in [0.2, 0.25) is 0 Å². The SMILES string of the molecule is COc1ccc([C@H]2C3=C(C[C@@H](c4ccc(C)cc4)CC3=O)Nc3ccccc3N2C(=O)c2ccccc2)cc1. The molecule has 1 N–H and O–H groups in total. The fourth-order valence-electron chi connectivity index (χ4n) is 5.71. The Kier molecular flexibility index (Phi) is 6.49. The molecule has 0 radical (unpaired) electrons. The van der Waals surface area contributed by atoms with Crippen LogP contribution in [0.5, 0.6) is 5.75 Å². The van der Waals surface area contributed by atoms with Crippen molar-refractivity contribution in [1.29, 1.82) is 0 Å². The standard InChI is InChI=1S/C34H30N2O3/c1-22-12-14-23(15-13-22)26-20-29-32(31(37)21-26)33(24-16-18-27(39-2)19-17-24)36(30-11-7-6-10-28(30)35-29)34(38)25-8-4-3-5-9-25/h3-19,26,33,35H,20-21H2,1-2H3/t26-,33+/m1/s1. The van der Waals surface area contributed by atoms with Gasteiger partial charge in [0.25, 0.3) is 5.91 Å². The van der Waals surface area contributed by atoms with Crippen molar-refractivity contribution in [3.63, 3.8) is 0 Å². The summed E-state index contributed by atoms with van der Waals surface area (Å²) in [6.45, 7) is 2.07. The third kappa shape index (κ3) is 4.61. The zero-order valence-electron chi connectivity index (χ0n) is 22.1. The number of carbonyl (C=O) groups is 2. The lowest BCUT2D eigenvalue weighted by Crippen LogP contribution is -2.38. The van der Waals surface area contributed by atoms with Crippen LogP contribution in [0.15, 0.2) is 114 Å². The number of ether oxygens (including phenoxy) is 1. The number of rotatable bonds is 4. The number of nitrogens with zero attached hydrogens (tertiary/aromatic N) is 1. The predicted octanol–water partition coefficient (Wildman–Crippen LogP) is 7.22. The van der Waals surface area contributed by atoms with Crippen LogP contribution >= 0.6 is 0 Å². The van der Waals surface area contributed by atoms with Crippen LogP contribution in [-0.4, -0.2) is 18.8 Å². The van der Waals surface area contributed by atoms with Crippen LogP contribution in [0.3, 0.4) is 0 Å². The summed E-state index contributed by atoms with van der Waals surface area (Å²) in [6, 6.07) is 32.6. The van der Waals surface area contributed by atoms with Gasteiger partial charge in [-0.15, -0.1) is 0 Å². The number of hydrogen-bond acceptors (Lipinski definition) is 4. The van der Waals surface area contributed by atoms with Crippen molar-refractivity contribution in [3.05, 3.63) is 137 Å². The van der Waals surface area contributed by atoms with Crippen LogP contribution < -0.4 is 15.0 Å². The van der Waals surface area contributed by atoms with E-state index in [1.54, 1.807) is 12.0 Å². The highest BCUT2D eigenvalue weighted by Crippen LogP contribution is 2.48. The summed E-state index contributed by atoms with van der Waals surface area (Å²) in [7, 11) is 1.63. The van der Waals surface area contributed by atoms with Crippen LogP contribution in [0.25, 0.3) is 0 Å². The van der Waals surface area contributed by atoms with E-state index in [0.29, 0.717) is 24.0 Å². The fourth-order valence-corrected chi connectivity index (χ4v) is 5.71. The minimum atomic E-state index is -0.596. The smallest absolute Gasteiger partial charge is 0.259 e. The van der Waals surface area contributed by atoms with E-state index >= 15 is 0 Å². The minimum absolute atomic E-state index is 0.0498. The van der Waals surface area contributed by atoms with E-state index in [1.807, 2.05) is 78.9 Å². The number of nitrogens with one attached hydrogen (secondary N) is 1. The molecule has 194 valence electrons. The number of methoxy groups -OCH3 is 1. The Morgan fingerprint density at radius 2 is 1.49 bits per heavy atom. The number of hydrogen-bond donors (Lipinski definition) is 1. The zero-order valence-corrected chi connectivity index (χ0v) is 22.1. The second kappa shape index (κ2) is 10.3. The van der Waals surface area contributed by atoms with Gasteiger partial charge in [-0.3, -0.25) is 14.5 Å². The summed E-state index contributed by atoms with van der Waals surface area (Å²) in [4.78, 5) is 30.2. The lowest BCUT2D eigenvalue weighted by molar-refractivity contribution is -0.116. The number of para-hydroxylation sites is 2. The van der Waals surface area contributed by atoms with Gasteiger partial charge in [0.05, 0.1) is 24.5 Å². The molecule has 0 aromatic heterocycles. The minimum Gasteiger partial charge on any atom is -0.497 e. The van der Waals surface area contributed by atoms with Crippen LogP contribution in [0.2, 0.25) is 0 Å². The molecule has 1 amide bonds. The summed E-state index contributed by atoms with van der Waals surface area (Å²) < 4.78 is 5.41. The Morgan fingerprint density at radius 1 is 0.821 bits per heavy atom. The van der Waals surface area contributed by atoms with Gasteiger partial charge >= 0.3 is 0 Å². The molecule has 2 atom stereocenters. The van der Waals surface area contributed by atoms with Gasteiger partial charge in [0.15, 0.2) is 5.78 Å². The second-order valence-electron chi connectivity index (χ2n) is 10.2. The molecule has 4 aromatic rings.